The third-order valence-corrected chi connectivity index (χ3v) is 6.72. The highest BCUT2D eigenvalue weighted by molar-refractivity contribution is 7.21. The Balaban J connectivity index is 1.38. The van der Waals surface area contributed by atoms with Crippen LogP contribution in [0.15, 0.2) is 109 Å². The molecule has 0 atom stereocenters. The highest BCUT2D eigenvalue weighted by atomic mass is 32.1. The summed E-state index contributed by atoms with van der Waals surface area (Å²) >= 11 is 1.37. The molecule has 35 heavy (non-hydrogen) atoms. The second kappa shape index (κ2) is 10.4. The first-order chi connectivity index (χ1) is 17.2. The van der Waals surface area contributed by atoms with Gasteiger partial charge in [0.05, 0.1) is 5.56 Å². The third-order valence-electron chi connectivity index (χ3n) is 5.56. The Bertz CT molecular complexity index is 1470. The molecule has 0 unspecified atom stereocenters. The van der Waals surface area contributed by atoms with Crippen LogP contribution in [0, 0.1) is 0 Å². The van der Waals surface area contributed by atoms with Gasteiger partial charge in [0, 0.05) is 15.6 Å². The van der Waals surface area contributed by atoms with E-state index in [0.717, 1.165) is 15.6 Å². The van der Waals surface area contributed by atoms with E-state index in [1.54, 1.807) is 30.3 Å². The fraction of sp³-hybridized carbons (Fsp3) is 0.0667. The summed E-state index contributed by atoms with van der Waals surface area (Å²) in [4.78, 5) is 26.9. The van der Waals surface area contributed by atoms with Crippen molar-refractivity contribution in [2.24, 2.45) is 0 Å². The summed E-state index contributed by atoms with van der Waals surface area (Å²) in [5, 5.41) is 0.818. The molecule has 0 radical (unpaired) electrons. The van der Waals surface area contributed by atoms with Crippen LogP contribution in [0.2, 0.25) is 0 Å². The molecule has 4 nitrogen and oxygen atoms in total. The number of ether oxygens (including phenoxy) is 2. The fourth-order valence-electron chi connectivity index (χ4n) is 3.81. The van der Waals surface area contributed by atoms with Gasteiger partial charge >= 0.3 is 0 Å². The van der Waals surface area contributed by atoms with Gasteiger partial charge in [0.1, 0.15) is 23.0 Å². The standard InChI is InChI=1S/C30H22O4S/c31-25(23-15-7-9-17-26(23)33-19-21-11-3-1-4-12-21)20-34-29-24-16-8-10-18-27(24)35-30(29)28(32)22-13-5-2-6-14-22/h1-18H,19-20H2. The highest BCUT2D eigenvalue weighted by Crippen LogP contribution is 2.39. The van der Waals surface area contributed by atoms with Crippen molar-refractivity contribution in [2.45, 2.75) is 6.61 Å². The average molecular weight is 479 g/mol. The van der Waals surface area contributed by atoms with Crippen LogP contribution >= 0.6 is 11.3 Å². The molecule has 1 heterocycles. The van der Waals surface area contributed by atoms with Crippen LogP contribution in [0.1, 0.15) is 31.2 Å². The zero-order valence-electron chi connectivity index (χ0n) is 18.8. The van der Waals surface area contributed by atoms with Gasteiger partial charge in [0.15, 0.2) is 6.61 Å². The molecular weight excluding hydrogens is 456 g/mol. The number of hydrogen-bond acceptors (Lipinski definition) is 5. The molecule has 0 amide bonds. The van der Waals surface area contributed by atoms with Crippen molar-refractivity contribution in [1.82, 2.24) is 0 Å². The first kappa shape index (κ1) is 22.6. The zero-order valence-corrected chi connectivity index (χ0v) is 19.7. The van der Waals surface area contributed by atoms with Gasteiger partial charge in [-0.3, -0.25) is 9.59 Å². The summed E-state index contributed by atoms with van der Waals surface area (Å²) in [6.45, 7) is 0.151. The number of Topliss-reactive ketones (excluding diaryl/α,β-unsaturated/α-hetero) is 1. The molecule has 0 spiro atoms. The van der Waals surface area contributed by atoms with Gasteiger partial charge in [-0.1, -0.05) is 84.9 Å². The average Bonchev–Trinajstić information content (AvgIpc) is 3.30. The van der Waals surface area contributed by atoms with E-state index in [0.29, 0.717) is 34.1 Å². The smallest absolute Gasteiger partial charge is 0.206 e. The van der Waals surface area contributed by atoms with Crippen molar-refractivity contribution in [3.8, 4) is 11.5 Å². The molecule has 0 aliphatic heterocycles. The number of ketones is 2. The Hall–Kier alpha value is -4.22. The summed E-state index contributed by atoms with van der Waals surface area (Å²) in [6.07, 6.45) is 0. The van der Waals surface area contributed by atoms with E-state index in [2.05, 4.69) is 0 Å². The Morgan fingerprint density at radius 2 is 1.34 bits per heavy atom. The van der Waals surface area contributed by atoms with Gasteiger partial charge in [-0.05, 0) is 29.8 Å². The number of rotatable bonds is 9. The molecule has 5 rings (SSSR count). The lowest BCUT2D eigenvalue weighted by Gasteiger charge is -2.12. The first-order valence-electron chi connectivity index (χ1n) is 11.2. The van der Waals surface area contributed by atoms with Gasteiger partial charge in [-0.25, -0.2) is 0 Å². The van der Waals surface area contributed by atoms with Crippen LogP contribution < -0.4 is 9.47 Å². The van der Waals surface area contributed by atoms with Crippen molar-refractivity contribution in [3.63, 3.8) is 0 Å². The van der Waals surface area contributed by atoms with Crippen molar-refractivity contribution < 1.29 is 19.1 Å². The molecule has 0 saturated heterocycles. The number of hydrogen-bond donors (Lipinski definition) is 0. The molecule has 0 fully saturated rings. The minimum absolute atomic E-state index is 0.124. The summed E-state index contributed by atoms with van der Waals surface area (Å²) < 4.78 is 12.9. The lowest BCUT2D eigenvalue weighted by atomic mass is 10.1. The Kier molecular flexibility index (Phi) is 6.68. The Morgan fingerprint density at radius 3 is 2.14 bits per heavy atom. The van der Waals surface area contributed by atoms with Crippen molar-refractivity contribution in [3.05, 3.63) is 131 Å². The molecule has 0 saturated carbocycles. The zero-order chi connectivity index (χ0) is 24.0. The number of para-hydroxylation sites is 1. The minimum Gasteiger partial charge on any atom is -0.488 e. The fourth-order valence-corrected chi connectivity index (χ4v) is 4.92. The molecule has 5 heteroatoms. The van der Waals surface area contributed by atoms with Gasteiger partial charge in [0.25, 0.3) is 0 Å². The Labute approximate surface area is 207 Å². The third kappa shape index (κ3) is 5.00. The van der Waals surface area contributed by atoms with E-state index in [1.807, 2.05) is 78.9 Å². The van der Waals surface area contributed by atoms with Gasteiger partial charge in [-0.15, -0.1) is 11.3 Å². The van der Waals surface area contributed by atoms with E-state index >= 15 is 0 Å². The van der Waals surface area contributed by atoms with Crippen molar-refractivity contribution >= 4 is 33.0 Å². The second-order valence-corrected chi connectivity index (χ2v) is 8.99. The number of carbonyl (C=O) groups excluding carboxylic acids is 2. The van der Waals surface area contributed by atoms with E-state index in [9.17, 15) is 9.59 Å². The maximum Gasteiger partial charge on any atom is 0.206 e. The van der Waals surface area contributed by atoms with E-state index < -0.39 is 0 Å². The lowest BCUT2D eigenvalue weighted by molar-refractivity contribution is 0.0913. The molecule has 5 aromatic rings. The van der Waals surface area contributed by atoms with Gasteiger partial charge < -0.3 is 9.47 Å². The first-order valence-corrected chi connectivity index (χ1v) is 12.1. The SMILES string of the molecule is O=C(COc1c(C(=O)c2ccccc2)sc2ccccc12)c1ccccc1OCc1ccccc1. The quantitative estimate of drug-likeness (QED) is 0.215. The monoisotopic (exact) mass is 478 g/mol. The van der Waals surface area contributed by atoms with E-state index in [1.165, 1.54) is 11.3 Å². The summed E-state index contributed by atoms with van der Waals surface area (Å²) in [7, 11) is 0. The molecule has 1 aromatic heterocycles. The maximum atomic E-state index is 13.3. The molecule has 0 N–H and O–H groups in total. The van der Waals surface area contributed by atoms with Crippen molar-refractivity contribution in [2.75, 3.05) is 6.61 Å². The molecule has 0 aliphatic rings. The normalized spacial score (nSPS) is 10.7. The van der Waals surface area contributed by atoms with Crippen LogP contribution in [0.25, 0.3) is 10.1 Å². The largest absolute Gasteiger partial charge is 0.488 e. The molecule has 0 aliphatic carbocycles. The van der Waals surface area contributed by atoms with Crippen LogP contribution in [-0.2, 0) is 6.61 Å². The number of benzene rings is 4. The Morgan fingerprint density at radius 1 is 0.686 bits per heavy atom. The molecule has 172 valence electrons. The predicted molar refractivity (Wildman–Crippen MR) is 139 cm³/mol. The van der Waals surface area contributed by atoms with Crippen molar-refractivity contribution in [1.29, 1.82) is 0 Å². The molecule has 0 bridgehead atoms. The van der Waals surface area contributed by atoms with Gasteiger partial charge in [0.2, 0.25) is 11.6 Å². The van der Waals surface area contributed by atoms with E-state index in [4.69, 9.17) is 9.47 Å². The summed E-state index contributed by atoms with van der Waals surface area (Å²) in [5.41, 5.74) is 2.04. The lowest BCUT2D eigenvalue weighted by Crippen LogP contribution is -2.14. The number of fused-ring (bicyclic) bond motifs is 1. The predicted octanol–water partition coefficient (Wildman–Crippen LogP) is 6.97. The molecular formula is C30H22O4S. The summed E-state index contributed by atoms with van der Waals surface area (Å²) in [5.74, 6) is 0.596. The number of thiophene rings is 1. The van der Waals surface area contributed by atoms with Crippen LogP contribution in [0.5, 0.6) is 11.5 Å². The highest BCUT2D eigenvalue weighted by Gasteiger charge is 2.22. The second-order valence-electron chi connectivity index (χ2n) is 7.93. The topological polar surface area (TPSA) is 52.6 Å². The van der Waals surface area contributed by atoms with Crippen LogP contribution in [-0.4, -0.2) is 18.2 Å². The van der Waals surface area contributed by atoms with Crippen LogP contribution in [0.3, 0.4) is 0 Å². The van der Waals surface area contributed by atoms with Gasteiger partial charge in [-0.2, -0.15) is 0 Å². The molecule has 4 aromatic carbocycles. The minimum atomic E-state index is -0.220. The van der Waals surface area contributed by atoms with Crippen LogP contribution in [0.4, 0.5) is 0 Å². The number of carbonyl (C=O) groups is 2. The maximum absolute atomic E-state index is 13.3. The summed E-state index contributed by atoms with van der Waals surface area (Å²) in [6, 6.07) is 33.7. The van der Waals surface area contributed by atoms with E-state index in [-0.39, 0.29) is 18.2 Å².